The number of nitrogens with zero attached hydrogens (tertiary/aromatic N) is 1. The molecule has 0 radical (unpaired) electrons. The zero-order valence-electron chi connectivity index (χ0n) is 24.6. The second-order valence-corrected chi connectivity index (χ2v) is 12.4. The summed E-state index contributed by atoms with van der Waals surface area (Å²) in [5.74, 6) is 0.703. The minimum absolute atomic E-state index is 0.105. The molecule has 0 atom stereocenters. The first-order valence-electron chi connectivity index (χ1n) is 14.4. The van der Waals surface area contributed by atoms with E-state index < -0.39 is 5.60 Å². The summed E-state index contributed by atoms with van der Waals surface area (Å²) in [6, 6.07) is 26.7. The van der Waals surface area contributed by atoms with E-state index in [0.717, 1.165) is 65.6 Å². The van der Waals surface area contributed by atoms with Crippen molar-refractivity contribution in [1.29, 1.82) is 0 Å². The molecule has 4 aromatic rings. The highest BCUT2D eigenvalue weighted by molar-refractivity contribution is 7.80. The first-order valence-corrected chi connectivity index (χ1v) is 15.4. The molecule has 3 aromatic carbocycles. The number of halogens is 1. The van der Waals surface area contributed by atoms with Gasteiger partial charge in [0.2, 0.25) is 0 Å². The molecule has 0 saturated heterocycles. The van der Waals surface area contributed by atoms with Gasteiger partial charge in [-0.1, -0.05) is 78.3 Å². The number of benzene rings is 3. The molecule has 5 rings (SSSR count). The average molecular weight is 602 g/mol. The van der Waals surface area contributed by atoms with Crippen LogP contribution in [0.3, 0.4) is 0 Å². The number of hydrogen-bond donors (Lipinski definition) is 2. The summed E-state index contributed by atoms with van der Waals surface area (Å²) < 4.78 is 4.56. The topological polar surface area (TPSA) is 59.4 Å². The molecule has 6 heteroatoms. The van der Waals surface area contributed by atoms with Gasteiger partial charge in [-0.3, -0.25) is 4.79 Å². The third-order valence-corrected chi connectivity index (χ3v) is 8.61. The largest absolute Gasteiger partial charge is 0.469 e. The molecule has 0 spiro atoms. The van der Waals surface area contributed by atoms with Gasteiger partial charge in [0.05, 0.1) is 30.3 Å². The highest BCUT2D eigenvalue weighted by Gasteiger charge is 2.43. The fourth-order valence-electron chi connectivity index (χ4n) is 5.00. The van der Waals surface area contributed by atoms with Crippen molar-refractivity contribution < 1.29 is 14.6 Å². The van der Waals surface area contributed by atoms with E-state index in [1.807, 2.05) is 62.4 Å². The van der Waals surface area contributed by atoms with Crippen molar-refractivity contribution >= 4 is 53.3 Å². The fourth-order valence-corrected chi connectivity index (χ4v) is 5.59. The predicted octanol–water partition coefficient (Wildman–Crippen LogP) is 8.72. The number of aromatic nitrogens is 1. The molecule has 1 aliphatic rings. The van der Waals surface area contributed by atoms with E-state index in [-0.39, 0.29) is 11.4 Å². The van der Waals surface area contributed by atoms with Crippen molar-refractivity contribution in [1.82, 2.24) is 4.98 Å². The Bertz CT molecular complexity index is 1540. The van der Waals surface area contributed by atoms with Gasteiger partial charge in [0, 0.05) is 10.4 Å². The Morgan fingerprint density at radius 3 is 2.50 bits per heavy atom. The van der Waals surface area contributed by atoms with Gasteiger partial charge in [0.1, 0.15) is 0 Å². The minimum atomic E-state index is -0.816. The van der Waals surface area contributed by atoms with E-state index >= 15 is 0 Å². The van der Waals surface area contributed by atoms with E-state index in [0.29, 0.717) is 11.4 Å². The number of esters is 1. The quantitative estimate of drug-likeness (QED) is 0.141. The lowest BCUT2D eigenvalue weighted by Crippen LogP contribution is -2.18. The smallest absolute Gasteiger partial charge is 0.306 e. The average Bonchev–Trinajstić information content (AvgIpc) is 3.76. The van der Waals surface area contributed by atoms with Gasteiger partial charge in [-0.25, -0.2) is 4.98 Å². The van der Waals surface area contributed by atoms with Crippen molar-refractivity contribution in [2.45, 2.75) is 58.0 Å². The second kappa shape index (κ2) is 14.4. The number of ether oxygens (including phenoxy) is 1. The van der Waals surface area contributed by atoms with Crippen LogP contribution in [-0.2, 0) is 28.0 Å². The molecule has 1 saturated carbocycles. The normalized spacial score (nSPS) is 14.0. The summed E-state index contributed by atoms with van der Waals surface area (Å²) in [6.07, 6.45) is 9.93. The lowest BCUT2D eigenvalue weighted by atomic mass is 9.90. The summed E-state index contributed by atoms with van der Waals surface area (Å²) in [6.45, 7) is 3.70. The van der Waals surface area contributed by atoms with Crippen molar-refractivity contribution in [3.05, 3.63) is 112 Å². The van der Waals surface area contributed by atoms with Crippen molar-refractivity contribution in [2.24, 2.45) is 5.41 Å². The van der Waals surface area contributed by atoms with Crippen LogP contribution in [0.1, 0.15) is 67.5 Å². The summed E-state index contributed by atoms with van der Waals surface area (Å²) in [5, 5.41) is 12.2. The zero-order chi connectivity index (χ0) is 30.2. The molecular weight excluding hydrogens is 562 g/mol. The molecule has 0 unspecified atom stereocenters. The van der Waals surface area contributed by atoms with E-state index in [1.54, 1.807) is 0 Å². The second-order valence-electron chi connectivity index (χ2n) is 11.6. The number of hydrogen-bond acceptors (Lipinski definition) is 5. The molecule has 1 N–H and O–H groups in total. The van der Waals surface area contributed by atoms with Gasteiger partial charge in [0.25, 0.3) is 0 Å². The Morgan fingerprint density at radius 2 is 1.79 bits per heavy atom. The van der Waals surface area contributed by atoms with Crippen molar-refractivity contribution in [3.8, 4) is 0 Å². The SMILES string of the molecule is CC(C)(O)c1ccccc1CCCc1cccc(/C=C/c2ccc3ccc(Cl)cc3n2)c1.COC(=O)CC1(CS)CC1. The number of aliphatic hydroxyl groups is 1. The van der Waals surface area contributed by atoms with Gasteiger partial charge in [-0.05, 0) is 104 Å². The van der Waals surface area contributed by atoms with Crippen LogP contribution in [0.25, 0.3) is 23.1 Å². The molecule has 1 heterocycles. The molecule has 42 heavy (non-hydrogen) atoms. The maximum atomic E-state index is 10.8. The van der Waals surface area contributed by atoms with Gasteiger partial charge in [0.15, 0.2) is 0 Å². The number of fused-ring (bicyclic) bond motifs is 1. The van der Waals surface area contributed by atoms with Crippen LogP contribution < -0.4 is 0 Å². The summed E-state index contributed by atoms with van der Waals surface area (Å²) >= 11 is 10.3. The summed E-state index contributed by atoms with van der Waals surface area (Å²) in [4.78, 5) is 15.5. The lowest BCUT2D eigenvalue weighted by Gasteiger charge is -2.21. The van der Waals surface area contributed by atoms with Gasteiger partial charge < -0.3 is 9.84 Å². The van der Waals surface area contributed by atoms with Gasteiger partial charge in [-0.2, -0.15) is 12.6 Å². The fraction of sp³-hybridized carbons (Fsp3) is 0.333. The van der Waals surface area contributed by atoms with Gasteiger partial charge in [-0.15, -0.1) is 0 Å². The molecule has 1 aromatic heterocycles. The Morgan fingerprint density at radius 1 is 1.02 bits per heavy atom. The van der Waals surface area contributed by atoms with Crippen LogP contribution >= 0.6 is 24.2 Å². The summed E-state index contributed by atoms with van der Waals surface area (Å²) in [7, 11) is 1.43. The van der Waals surface area contributed by atoms with Crippen LogP contribution in [0.4, 0.5) is 0 Å². The van der Waals surface area contributed by atoms with Crippen LogP contribution in [0.15, 0.2) is 78.9 Å². The molecule has 4 nitrogen and oxygen atoms in total. The summed E-state index contributed by atoms with van der Waals surface area (Å²) in [5.41, 5.74) is 5.91. The first kappa shape index (κ1) is 31.8. The van der Waals surface area contributed by atoms with Crippen LogP contribution in [0.5, 0.6) is 0 Å². The van der Waals surface area contributed by atoms with Crippen molar-refractivity contribution in [2.75, 3.05) is 12.9 Å². The first-order chi connectivity index (χ1) is 20.1. The number of carbonyl (C=O) groups is 1. The molecule has 0 aliphatic heterocycles. The number of aryl methyl sites for hydroxylation is 2. The van der Waals surface area contributed by atoms with Gasteiger partial charge >= 0.3 is 5.97 Å². The van der Waals surface area contributed by atoms with Crippen LogP contribution in [0, 0.1) is 5.41 Å². The van der Waals surface area contributed by atoms with Crippen LogP contribution in [0.2, 0.25) is 5.02 Å². The number of thiol groups is 1. The standard InChI is InChI=1S/C29H28ClNO.C7H12O2S/c1-29(2,32)27-12-4-3-10-23(27)11-6-9-21-7-5-8-22(19-21)13-17-26-18-15-24-14-16-25(30)20-28(24)31-26;1-9-6(8)4-7(5-10)2-3-7/h3-5,7-8,10,12-20,32H,6,9,11H2,1-2H3;10H,2-5H2,1H3/b17-13+;. The number of methoxy groups -OCH3 is 1. The third kappa shape index (κ3) is 9.19. The predicted molar refractivity (Wildman–Crippen MR) is 178 cm³/mol. The zero-order valence-corrected chi connectivity index (χ0v) is 26.3. The minimum Gasteiger partial charge on any atom is -0.469 e. The Balaban J connectivity index is 0.000000343. The maximum absolute atomic E-state index is 10.8. The molecule has 1 aliphatic carbocycles. The van der Waals surface area contributed by atoms with E-state index in [9.17, 15) is 9.90 Å². The van der Waals surface area contributed by atoms with Crippen molar-refractivity contribution in [3.63, 3.8) is 0 Å². The lowest BCUT2D eigenvalue weighted by molar-refractivity contribution is -0.141. The Kier molecular flexibility index (Phi) is 10.9. The van der Waals surface area contributed by atoms with Crippen LogP contribution in [-0.4, -0.2) is 28.9 Å². The number of rotatable bonds is 10. The molecule has 1 fully saturated rings. The Hall–Kier alpha value is -3.12. The number of carbonyl (C=O) groups excluding carboxylic acids is 1. The molecule has 220 valence electrons. The Labute approximate surface area is 260 Å². The van der Waals surface area contributed by atoms with E-state index in [2.05, 4.69) is 59.8 Å². The molecule has 0 bridgehead atoms. The van der Waals surface area contributed by atoms with E-state index in [4.69, 9.17) is 16.6 Å². The van der Waals surface area contributed by atoms with E-state index in [1.165, 1.54) is 18.2 Å². The highest BCUT2D eigenvalue weighted by atomic mass is 35.5. The molecular formula is C36H40ClNO3S. The highest BCUT2D eigenvalue weighted by Crippen LogP contribution is 2.49. The number of pyridine rings is 1. The maximum Gasteiger partial charge on any atom is 0.306 e. The molecule has 0 amide bonds. The third-order valence-electron chi connectivity index (χ3n) is 7.70. The monoisotopic (exact) mass is 601 g/mol.